The van der Waals surface area contributed by atoms with Crippen LogP contribution in [0.3, 0.4) is 0 Å². The Kier molecular flexibility index (Phi) is 4.72. The van der Waals surface area contributed by atoms with Gasteiger partial charge < -0.3 is 21.6 Å². The van der Waals surface area contributed by atoms with Crippen LogP contribution in [0.5, 0.6) is 0 Å². The van der Waals surface area contributed by atoms with Crippen molar-refractivity contribution in [1.29, 1.82) is 5.26 Å². The van der Waals surface area contributed by atoms with Gasteiger partial charge in [-0.25, -0.2) is 9.98 Å². The van der Waals surface area contributed by atoms with E-state index in [-0.39, 0.29) is 33.9 Å². The highest BCUT2D eigenvalue weighted by molar-refractivity contribution is 7.21. The zero-order valence-electron chi connectivity index (χ0n) is 17.7. The molecule has 11 heteroatoms. The molecule has 5 N–H and O–H groups in total. The number of hydrogen-bond acceptors (Lipinski definition) is 9. The number of nitrogens with zero attached hydrogens (tertiary/aromatic N) is 5. The van der Waals surface area contributed by atoms with Crippen LogP contribution in [0, 0.1) is 11.3 Å². The number of aliphatic imine (C=N–C) groups is 1. The summed E-state index contributed by atoms with van der Waals surface area (Å²) in [6.45, 7) is 3.85. The first-order valence-corrected chi connectivity index (χ1v) is 10.8. The van der Waals surface area contributed by atoms with Crippen LogP contribution in [0.1, 0.15) is 30.3 Å². The number of rotatable bonds is 4. The summed E-state index contributed by atoms with van der Waals surface area (Å²) in [5, 5.41) is 28.1. The van der Waals surface area contributed by atoms with Crippen LogP contribution < -0.4 is 21.3 Å². The molecule has 0 aliphatic heterocycles. The van der Waals surface area contributed by atoms with Gasteiger partial charge in [0.2, 0.25) is 5.27 Å². The summed E-state index contributed by atoms with van der Waals surface area (Å²) >= 11 is 1.07. The van der Waals surface area contributed by atoms with E-state index in [1.807, 2.05) is 44.3 Å². The van der Waals surface area contributed by atoms with Crippen molar-refractivity contribution in [3.8, 4) is 17.2 Å². The number of nitrogen functional groups attached to an aromatic ring is 2. The van der Waals surface area contributed by atoms with Crippen LogP contribution in [0.25, 0.3) is 32.2 Å². The van der Waals surface area contributed by atoms with Gasteiger partial charge in [-0.3, -0.25) is 4.52 Å². The number of thiophene rings is 1. The van der Waals surface area contributed by atoms with E-state index in [9.17, 15) is 10.4 Å². The minimum atomic E-state index is -0.592. The highest BCUT2D eigenvalue weighted by atomic mass is 32.1. The summed E-state index contributed by atoms with van der Waals surface area (Å²) in [6, 6.07) is 9.79. The van der Waals surface area contributed by atoms with E-state index >= 15 is 0 Å². The molecule has 0 aliphatic rings. The summed E-state index contributed by atoms with van der Waals surface area (Å²) < 4.78 is 6.68. The van der Waals surface area contributed by atoms with Gasteiger partial charge in [-0.2, -0.15) is 5.26 Å². The number of aromatic nitrogens is 4. The number of nitrogens with one attached hydrogen (secondary N) is 1. The maximum atomic E-state index is 13.0. The molecule has 0 radical (unpaired) electrons. The molecule has 10 nitrogen and oxygen atoms in total. The Labute approximate surface area is 191 Å². The number of benzene rings is 1. The lowest BCUT2D eigenvalue weighted by molar-refractivity contribution is -0.779. The highest BCUT2D eigenvalue weighted by Crippen LogP contribution is 2.44. The molecule has 0 aliphatic carbocycles. The Morgan fingerprint density at radius 1 is 1.33 bits per heavy atom. The normalized spacial score (nSPS) is 12.1. The topological polar surface area (TPSA) is 170 Å². The number of nitriles is 1. The van der Waals surface area contributed by atoms with Gasteiger partial charge in [0.05, 0.1) is 10.6 Å². The second kappa shape index (κ2) is 7.61. The number of aromatic amines is 1. The molecule has 0 spiro atoms. The lowest BCUT2D eigenvalue weighted by Gasteiger charge is -2.11. The lowest BCUT2D eigenvalue weighted by atomic mass is 9.94. The summed E-state index contributed by atoms with van der Waals surface area (Å²) in [6.07, 6.45) is 3.35. The third kappa shape index (κ3) is 3.24. The number of pyridine rings is 1. The van der Waals surface area contributed by atoms with Crippen molar-refractivity contribution in [1.82, 2.24) is 15.2 Å². The first kappa shape index (κ1) is 20.5. The lowest BCUT2D eigenvalue weighted by Crippen LogP contribution is -2.36. The Bertz CT molecular complexity index is 1600. The predicted molar refractivity (Wildman–Crippen MR) is 124 cm³/mol. The molecular weight excluding hydrogens is 440 g/mol. The van der Waals surface area contributed by atoms with Crippen molar-refractivity contribution in [3.05, 3.63) is 47.1 Å². The van der Waals surface area contributed by atoms with Crippen LogP contribution >= 0.6 is 11.3 Å². The van der Waals surface area contributed by atoms with Crippen LogP contribution in [0.2, 0.25) is 0 Å². The summed E-state index contributed by atoms with van der Waals surface area (Å²) in [5.74, 6) is -0.462. The number of nitrogens with two attached hydrogens (primary N) is 2. The Morgan fingerprint density at radius 2 is 2.15 bits per heavy atom. The minimum absolute atomic E-state index is 0.0532. The van der Waals surface area contributed by atoms with Crippen molar-refractivity contribution in [2.24, 2.45) is 4.99 Å². The van der Waals surface area contributed by atoms with Crippen molar-refractivity contribution in [2.45, 2.75) is 19.9 Å². The third-order valence-electron chi connectivity index (χ3n) is 5.29. The smallest absolute Gasteiger partial charge is 0.320 e. The van der Waals surface area contributed by atoms with Crippen LogP contribution in [-0.4, -0.2) is 21.1 Å². The molecule has 5 rings (SSSR count). The maximum absolute atomic E-state index is 13.0. The number of fused-ring (bicyclic) bond motifs is 2. The molecule has 0 saturated heterocycles. The van der Waals surface area contributed by atoms with Crippen molar-refractivity contribution in [2.75, 3.05) is 11.5 Å². The molecule has 0 amide bonds. The van der Waals surface area contributed by atoms with Gasteiger partial charge in [-0.1, -0.05) is 12.1 Å². The van der Waals surface area contributed by atoms with Gasteiger partial charge in [0.1, 0.15) is 22.3 Å². The van der Waals surface area contributed by atoms with Crippen molar-refractivity contribution >= 4 is 55.7 Å². The fraction of sp³-hybridized carbons (Fsp3) is 0.136. The summed E-state index contributed by atoms with van der Waals surface area (Å²) in [4.78, 5) is 12.1. The molecule has 0 saturated carbocycles. The van der Waals surface area contributed by atoms with Gasteiger partial charge in [0, 0.05) is 33.9 Å². The average Bonchev–Trinajstić information content (AvgIpc) is 3.51. The monoisotopic (exact) mass is 458 g/mol. The molecule has 4 aromatic heterocycles. The second-order valence-electron chi connectivity index (χ2n) is 7.66. The quantitative estimate of drug-likeness (QED) is 0.211. The van der Waals surface area contributed by atoms with Gasteiger partial charge in [-0.15, -0.1) is 11.3 Å². The van der Waals surface area contributed by atoms with Crippen LogP contribution in [0.15, 0.2) is 46.2 Å². The molecular formula is C22H18N8O2S. The van der Waals surface area contributed by atoms with Crippen molar-refractivity contribution < 1.29 is 14.3 Å². The highest BCUT2D eigenvalue weighted by Gasteiger charge is 2.23. The molecule has 0 bridgehead atoms. The minimum Gasteiger partial charge on any atom is -0.857 e. The predicted octanol–water partition coefficient (Wildman–Crippen LogP) is 2.78. The van der Waals surface area contributed by atoms with E-state index in [2.05, 4.69) is 26.3 Å². The van der Waals surface area contributed by atoms with E-state index in [0.29, 0.717) is 15.8 Å². The molecule has 33 heavy (non-hydrogen) atoms. The molecule has 0 atom stereocenters. The number of H-pyrrole nitrogens is 1. The zero-order chi connectivity index (χ0) is 23.3. The standard InChI is InChI=1S/C22H18N8O2S/c1-10(2)30-9-15(32-29-30)27-21(31)19-18(24)17-16(13(8-23)20(25)28-22(17)33-19)12-4-3-5-14-11(12)6-7-26-14/h3-7,9-10H,1-2H3,(H5-,24,25,26,27,28,29,31). The van der Waals surface area contributed by atoms with Crippen molar-refractivity contribution in [3.63, 3.8) is 0 Å². The van der Waals surface area contributed by atoms with E-state index in [1.54, 1.807) is 4.68 Å². The first-order chi connectivity index (χ1) is 15.9. The molecule has 0 unspecified atom stereocenters. The third-order valence-corrected chi connectivity index (χ3v) is 6.37. The number of anilines is 2. The van der Waals surface area contributed by atoms with E-state index < -0.39 is 5.90 Å². The summed E-state index contributed by atoms with van der Waals surface area (Å²) in [7, 11) is 0. The Hall–Kier alpha value is -4.43. The Morgan fingerprint density at radius 3 is 2.88 bits per heavy atom. The fourth-order valence-corrected chi connectivity index (χ4v) is 4.70. The van der Waals surface area contributed by atoms with Gasteiger partial charge in [-0.05, 0) is 36.2 Å². The van der Waals surface area contributed by atoms with E-state index in [0.717, 1.165) is 27.8 Å². The van der Waals surface area contributed by atoms with Gasteiger partial charge >= 0.3 is 5.88 Å². The molecule has 4 heterocycles. The Balaban J connectivity index is 1.76. The molecule has 164 valence electrons. The largest absolute Gasteiger partial charge is 0.857 e. The van der Waals surface area contributed by atoms with Crippen LogP contribution in [-0.2, 0) is 0 Å². The second-order valence-corrected chi connectivity index (χ2v) is 8.66. The van der Waals surface area contributed by atoms with E-state index in [4.69, 9.17) is 16.0 Å². The fourth-order valence-electron chi connectivity index (χ4n) is 3.71. The molecule has 1 aromatic carbocycles. The maximum Gasteiger partial charge on any atom is 0.320 e. The molecule has 0 fully saturated rings. The first-order valence-electron chi connectivity index (χ1n) is 10.0. The van der Waals surface area contributed by atoms with Crippen LogP contribution in [0.4, 0.5) is 17.4 Å². The SMILES string of the molecule is CC(C)[n+]1cc(/N=C(\[O-])c2sc3nc(N)c(C#N)c(-c4cccc5[nH]ccc45)c3c2N)on1. The zero-order valence-corrected chi connectivity index (χ0v) is 18.5. The number of hydrogen-bond donors (Lipinski definition) is 3. The molecule has 5 aromatic rings. The average molecular weight is 459 g/mol. The van der Waals surface area contributed by atoms with Gasteiger partial charge in [0.15, 0.2) is 6.04 Å². The summed E-state index contributed by atoms with van der Waals surface area (Å²) in [5.41, 5.74) is 15.2. The van der Waals surface area contributed by atoms with Gasteiger partial charge in [0.25, 0.3) is 6.20 Å². The van der Waals surface area contributed by atoms with E-state index in [1.165, 1.54) is 6.20 Å².